The molecule has 4 aromatic carbocycles. The van der Waals surface area contributed by atoms with Gasteiger partial charge in [-0.05, 0) is 49.9 Å². The minimum absolute atomic E-state index is 0.178. The summed E-state index contributed by atoms with van der Waals surface area (Å²) >= 11 is 0. The Hall–Kier alpha value is -4.96. The van der Waals surface area contributed by atoms with Crippen LogP contribution < -0.4 is 37.9 Å². The second-order valence-electron chi connectivity index (χ2n) is 19.0. The summed E-state index contributed by atoms with van der Waals surface area (Å²) in [6, 6.07) is 17.6. The average Bonchev–Trinajstić information content (AvgIpc) is 3.42. The fourth-order valence-corrected chi connectivity index (χ4v) is 10.8. The van der Waals surface area contributed by atoms with E-state index in [9.17, 15) is 0 Å². The molecule has 4 aromatic rings. The first-order chi connectivity index (χ1) is 36.4. The van der Waals surface area contributed by atoms with Gasteiger partial charge in [-0.3, -0.25) is 0 Å². The van der Waals surface area contributed by atoms with Crippen molar-refractivity contribution in [1.82, 2.24) is 0 Å². The molecule has 0 unspecified atom stereocenters. The molecule has 4 atom stereocenters. The maximum Gasteiger partial charge on any atom is 0.126 e. The van der Waals surface area contributed by atoms with Gasteiger partial charge in [0.1, 0.15) is 72.4 Å². The van der Waals surface area contributed by atoms with Crippen LogP contribution in [0.1, 0.15) is 147 Å². The highest BCUT2D eigenvalue weighted by molar-refractivity contribution is 5.63. The van der Waals surface area contributed by atoms with E-state index in [1.165, 1.54) is 0 Å². The van der Waals surface area contributed by atoms with E-state index in [0.29, 0.717) is 106 Å². The molecule has 0 amide bonds. The molecule has 8 rings (SSSR count). The van der Waals surface area contributed by atoms with E-state index in [4.69, 9.17) is 66.3 Å². The summed E-state index contributed by atoms with van der Waals surface area (Å²) in [6.07, 6.45) is 6.71. The zero-order valence-electron chi connectivity index (χ0n) is 45.6. The second kappa shape index (κ2) is 30.0. The van der Waals surface area contributed by atoms with Gasteiger partial charge in [0, 0.05) is 92.4 Å². The lowest BCUT2D eigenvalue weighted by molar-refractivity contribution is 0.00483. The molecule has 0 spiro atoms. The van der Waals surface area contributed by atoms with Crippen molar-refractivity contribution in [3.63, 3.8) is 0 Å². The highest BCUT2D eigenvalue weighted by Gasteiger charge is 2.35. The maximum absolute atomic E-state index is 6.85. The Morgan fingerprint density at radius 1 is 0.284 bits per heavy atom. The van der Waals surface area contributed by atoms with Gasteiger partial charge in [-0.25, -0.2) is 0 Å². The summed E-state index contributed by atoms with van der Waals surface area (Å²) in [5, 5.41) is 0. The molecule has 74 heavy (non-hydrogen) atoms. The Balaban J connectivity index is 1.62. The van der Waals surface area contributed by atoms with Crippen LogP contribution in [0, 0.1) is 0 Å². The summed E-state index contributed by atoms with van der Waals surface area (Å²) in [6.45, 7) is 15.3. The fraction of sp³-hybridized carbons (Fsp3) is 0.600. The first kappa shape index (κ1) is 56.8. The van der Waals surface area contributed by atoms with Gasteiger partial charge in [-0.1, -0.05) is 53.4 Å². The quantitative estimate of drug-likeness (QED) is 0.125. The third-order valence-corrected chi connectivity index (χ3v) is 14.2. The largest absolute Gasteiger partial charge is 0.496 e. The number of ether oxygens (including phenoxy) is 14. The van der Waals surface area contributed by atoms with Crippen LogP contribution in [0.2, 0.25) is 0 Å². The van der Waals surface area contributed by atoms with Crippen LogP contribution in [0.4, 0.5) is 0 Å². The van der Waals surface area contributed by atoms with Crippen LogP contribution in [0.5, 0.6) is 46.0 Å². The Bertz CT molecular complexity index is 2150. The molecule has 1 aliphatic carbocycles. The molecular weight excluding hydrogens is 945 g/mol. The molecule has 0 saturated carbocycles. The van der Waals surface area contributed by atoms with Gasteiger partial charge in [0.2, 0.25) is 0 Å². The number of methoxy groups -OCH3 is 4. The van der Waals surface area contributed by atoms with Crippen molar-refractivity contribution in [3.8, 4) is 46.0 Å². The van der Waals surface area contributed by atoms with E-state index in [0.717, 1.165) is 142 Å². The predicted molar refractivity (Wildman–Crippen MR) is 286 cm³/mol. The van der Waals surface area contributed by atoms with Crippen molar-refractivity contribution in [2.24, 2.45) is 0 Å². The summed E-state index contributed by atoms with van der Waals surface area (Å²) < 4.78 is 89.1. The lowest BCUT2D eigenvalue weighted by Crippen LogP contribution is -2.18. The van der Waals surface area contributed by atoms with Crippen LogP contribution >= 0.6 is 0 Å². The fourth-order valence-electron chi connectivity index (χ4n) is 10.8. The van der Waals surface area contributed by atoms with Gasteiger partial charge in [0.15, 0.2) is 0 Å². The first-order valence-corrected chi connectivity index (χ1v) is 27.3. The van der Waals surface area contributed by atoms with Crippen LogP contribution in [0.25, 0.3) is 0 Å². The lowest BCUT2D eigenvalue weighted by atomic mass is 9.76. The monoisotopic (exact) mass is 1030 g/mol. The number of rotatable bonds is 12. The van der Waals surface area contributed by atoms with Crippen molar-refractivity contribution >= 4 is 0 Å². The molecule has 0 radical (unpaired) electrons. The molecule has 0 N–H and O–H groups in total. The predicted octanol–water partition coefficient (Wildman–Crippen LogP) is 11.4. The minimum Gasteiger partial charge on any atom is -0.496 e. The normalized spacial score (nSPS) is 20.6. The number of benzene rings is 4. The van der Waals surface area contributed by atoms with Crippen molar-refractivity contribution in [2.45, 2.75) is 103 Å². The minimum atomic E-state index is -0.183. The molecule has 0 fully saturated rings. The van der Waals surface area contributed by atoms with E-state index in [2.05, 4.69) is 76.2 Å². The van der Waals surface area contributed by atoms with Gasteiger partial charge in [-0.2, -0.15) is 0 Å². The highest BCUT2D eigenvalue weighted by Crippen LogP contribution is 2.53. The van der Waals surface area contributed by atoms with E-state index >= 15 is 0 Å². The topological polar surface area (TPSA) is 129 Å². The molecule has 4 aliphatic rings. The zero-order chi connectivity index (χ0) is 52.1. The van der Waals surface area contributed by atoms with E-state index in [1.54, 1.807) is 28.4 Å². The van der Waals surface area contributed by atoms with Crippen molar-refractivity contribution in [3.05, 3.63) is 93.0 Å². The second-order valence-corrected chi connectivity index (χ2v) is 19.0. The Labute approximate surface area is 440 Å². The lowest BCUT2D eigenvalue weighted by Gasteiger charge is -2.32. The van der Waals surface area contributed by atoms with Crippen molar-refractivity contribution in [1.29, 1.82) is 0 Å². The summed E-state index contributed by atoms with van der Waals surface area (Å²) in [5.74, 6) is 5.08. The van der Waals surface area contributed by atoms with Crippen molar-refractivity contribution in [2.75, 3.05) is 134 Å². The average molecular weight is 1030 g/mol. The number of fused-ring (bicyclic) bond motifs is 15. The Kier molecular flexibility index (Phi) is 23.0. The van der Waals surface area contributed by atoms with Crippen LogP contribution in [0.15, 0.2) is 48.5 Å². The maximum atomic E-state index is 6.85. The van der Waals surface area contributed by atoms with Gasteiger partial charge >= 0.3 is 0 Å². The standard InChI is InChI=1S/C60H84O14/c1-9-13-41-45-33-51-44(16-12-4)48-36-50-42(14-10-2)46-34-52(60(38-54(46)62-6)74-32-28-70-24-20-66-18-22-68-26-30-72-58(50)40-56(48)64-8)43(15-11-3)47-35-49(41)57(39-55(47)63-7)71-29-25-67-21-17-65-19-23-69-27-31-73-59(51)37-53(45)61-5/h33-44H,9-32H2,1-8H3/t41-,42-,43-,44-/m0/s1. The Morgan fingerprint density at radius 2 is 0.473 bits per heavy atom. The first-order valence-electron chi connectivity index (χ1n) is 27.3. The third-order valence-electron chi connectivity index (χ3n) is 14.2. The molecule has 10 bridgehead atoms. The summed E-state index contributed by atoms with van der Waals surface area (Å²) in [7, 11) is 6.98. The molecule has 0 aromatic heterocycles. The molecule has 0 saturated heterocycles. The van der Waals surface area contributed by atoms with E-state index in [-0.39, 0.29) is 23.7 Å². The number of hydrogen-bond donors (Lipinski definition) is 0. The number of hydrogen-bond acceptors (Lipinski definition) is 14. The van der Waals surface area contributed by atoms with Gasteiger partial charge in [-0.15, -0.1) is 0 Å². The van der Waals surface area contributed by atoms with Gasteiger partial charge in [0.05, 0.1) is 108 Å². The summed E-state index contributed by atoms with van der Waals surface area (Å²) in [5.41, 5.74) is 8.25. The molecule has 408 valence electrons. The van der Waals surface area contributed by atoms with E-state index < -0.39 is 0 Å². The van der Waals surface area contributed by atoms with Crippen LogP contribution in [-0.4, -0.2) is 134 Å². The summed E-state index contributed by atoms with van der Waals surface area (Å²) in [4.78, 5) is 0. The zero-order valence-corrected chi connectivity index (χ0v) is 45.6. The van der Waals surface area contributed by atoms with E-state index in [1.807, 2.05) is 0 Å². The SMILES string of the molecule is CCC[C@H]1c2cc3c(cc2OC)OCCOCCOCCOCCOc2cc(OC)c(cc21)[C@H](CCC)c1cc2c(OC)cc1OCCOCCOCCOCCOc1cc(OC)c(cc1[C@H]2CCC)[C@@H]3CCC. The van der Waals surface area contributed by atoms with Crippen LogP contribution in [0.3, 0.4) is 0 Å². The van der Waals surface area contributed by atoms with Crippen molar-refractivity contribution < 1.29 is 66.3 Å². The Morgan fingerprint density at radius 3 is 0.649 bits per heavy atom. The molecule has 3 heterocycles. The molecule has 3 aliphatic heterocycles. The molecule has 14 heteroatoms. The van der Waals surface area contributed by atoms with Gasteiger partial charge < -0.3 is 66.3 Å². The highest BCUT2D eigenvalue weighted by atomic mass is 16.6. The van der Waals surface area contributed by atoms with Crippen LogP contribution in [-0.2, 0) is 28.4 Å². The molecular formula is C60H84O14. The smallest absolute Gasteiger partial charge is 0.126 e. The molecule has 14 nitrogen and oxygen atoms in total. The van der Waals surface area contributed by atoms with Gasteiger partial charge in [0.25, 0.3) is 0 Å². The third kappa shape index (κ3) is 14.3.